The van der Waals surface area contributed by atoms with Crippen LogP contribution in [0.4, 0.5) is 5.69 Å². The van der Waals surface area contributed by atoms with Crippen molar-refractivity contribution in [1.29, 1.82) is 0 Å². The number of hydrogen-bond donors (Lipinski definition) is 1. The summed E-state index contributed by atoms with van der Waals surface area (Å²) < 4.78 is 10.3. The molecule has 0 bridgehead atoms. The molecule has 1 aliphatic rings. The van der Waals surface area contributed by atoms with Crippen molar-refractivity contribution in [3.8, 4) is 11.5 Å². The van der Waals surface area contributed by atoms with Crippen LogP contribution in [0.5, 0.6) is 11.5 Å². The zero-order valence-electron chi connectivity index (χ0n) is 13.4. The van der Waals surface area contributed by atoms with Crippen LogP contribution < -0.4 is 9.47 Å². The summed E-state index contributed by atoms with van der Waals surface area (Å²) in [5.41, 5.74) is -1.14. The molecule has 9 nitrogen and oxygen atoms in total. The van der Waals surface area contributed by atoms with E-state index in [9.17, 15) is 24.8 Å². The second-order valence-corrected chi connectivity index (χ2v) is 5.81. The van der Waals surface area contributed by atoms with Crippen molar-refractivity contribution in [2.24, 2.45) is 5.41 Å². The normalized spacial score (nSPS) is 19.8. The molecule has 1 saturated heterocycles. The number of amides is 1. The van der Waals surface area contributed by atoms with Gasteiger partial charge in [-0.1, -0.05) is 0 Å². The molecule has 2 rings (SSSR count). The number of carboxylic acids is 1. The van der Waals surface area contributed by atoms with Crippen LogP contribution in [-0.2, 0) is 9.59 Å². The topological polar surface area (TPSA) is 119 Å². The van der Waals surface area contributed by atoms with E-state index in [0.29, 0.717) is 13.0 Å². The van der Waals surface area contributed by atoms with Crippen molar-refractivity contribution in [1.82, 2.24) is 4.90 Å². The van der Waals surface area contributed by atoms with Crippen LogP contribution in [0.25, 0.3) is 0 Å². The van der Waals surface area contributed by atoms with Gasteiger partial charge in [0.1, 0.15) is 5.75 Å². The minimum absolute atomic E-state index is 0.0320. The third kappa shape index (κ3) is 3.55. The number of carbonyl (C=O) groups is 2. The fourth-order valence-electron chi connectivity index (χ4n) is 2.48. The van der Waals surface area contributed by atoms with Crippen molar-refractivity contribution in [3.05, 3.63) is 28.3 Å². The number of nitro groups is 1. The number of nitrogens with zero attached hydrogens (tertiary/aromatic N) is 2. The number of nitro benzene ring substituents is 1. The van der Waals surface area contributed by atoms with Crippen LogP contribution >= 0.6 is 0 Å². The van der Waals surface area contributed by atoms with Gasteiger partial charge in [-0.05, 0) is 19.4 Å². The number of methoxy groups -OCH3 is 1. The van der Waals surface area contributed by atoms with Gasteiger partial charge in [0.15, 0.2) is 6.61 Å². The highest BCUT2D eigenvalue weighted by molar-refractivity contribution is 5.81. The Hall–Kier alpha value is -2.84. The molecule has 1 unspecified atom stereocenters. The van der Waals surface area contributed by atoms with Gasteiger partial charge in [0.25, 0.3) is 5.91 Å². The lowest BCUT2D eigenvalue weighted by atomic mass is 9.90. The molecular weight excluding hydrogens is 320 g/mol. The van der Waals surface area contributed by atoms with Crippen molar-refractivity contribution in [2.45, 2.75) is 13.3 Å². The predicted octanol–water partition coefficient (Wildman–Crippen LogP) is 1.31. The summed E-state index contributed by atoms with van der Waals surface area (Å²) in [6.45, 7) is 1.81. The number of likely N-dealkylation sites (tertiary alicyclic amines) is 1. The third-order valence-electron chi connectivity index (χ3n) is 4.05. The Kier molecular flexibility index (Phi) is 4.91. The molecule has 1 aromatic carbocycles. The first kappa shape index (κ1) is 17.5. The third-order valence-corrected chi connectivity index (χ3v) is 4.05. The summed E-state index contributed by atoms with van der Waals surface area (Å²) in [6, 6.07) is 3.94. The number of carboxylic acid groups (broad SMARTS) is 1. The zero-order valence-corrected chi connectivity index (χ0v) is 13.4. The quantitative estimate of drug-likeness (QED) is 0.613. The number of rotatable bonds is 6. The van der Waals surface area contributed by atoms with Gasteiger partial charge in [-0.2, -0.15) is 0 Å². The Morgan fingerprint density at radius 1 is 1.46 bits per heavy atom. The predicted molar refractivity (Wildman–Crippen MR) is 82.1 cm³/mol. The maximum absolute atomic E-state index is 12.1. The van der Waals surface area contributed by atoms with E-state index in [4.69, 9.17) is 9.47 Å². The highest BCUT2D eigenvalue weighted by Crippen LogP contribution is 2.32. The molecule has 24 heavy (non-hydrogen) atoms. The lowest BCUT2D eigenvalue weighted by Gasteiger charge is -2.20. The summed E-state index contributed by atoms with van der Waals surface area (Å²) in [5.74, 6) is -0.980. The Morgan fingerprint density at radius 2 is 2.17 bits per heavy atom. The van der Waals surface area contributed by atoms with Crippen LogP contribution in [0.2, 0.25) is 0 Å². The molecule has 9 heteroatoms. The van der Waals surface area contributed by atoms with Gasteiger partial charge in [0.05, 0.1) is 17.4 Å². The number of aliphatic carboxylic acids is 1. The molecule has 1 heterocycles. The first-order valence-corrected chi connectivity index (χ1v) is 7.23. The fraction of sp³-hybridized carbons (Fsp3) is 0.467. The molecule has 0 spiro atoms. The van der Waals surface area contributed by atoms with E-state index in [1.54, 1.807) is 6.92 Å². The largest absolute Gasteiger partial charge is 0.490 e. The molecule has 1 fully saturated rings. The highest BCUT2D eigenvalue weighted by atomic mass is 16.6. The number of carbonyl (C=O) groups excluding carboxylic acids is 1. The van der Waals surface area contributed by atoms with Gasteiger partial charge < -0.3 is 19.5 Å². The van der Waals surface area contributed by atoms with Crippen LogP contribution in [0.3, 0.4) is 0 Å². The molecule has 1 aromatic rings. The minimum Gasteiger partial charge on any atom is -0.490 e. The summed E-state index contributed by atoms with van der Waals surface area (Å²) in [7, 11) is 1.30. The Labute approximate surface area is 137 Å². The molecule has 0 aliphatic carbocycles. The van der Waals surface area contributed by atoms with E-state index in [0.717, 1.165) is 0 Å². The van der Waals surface area contributed by atoms with Crippen LogP contribution in [-0.4, -0.2) is 53.6 Å². The Morgan fingerprint density at radius 3 is 2.71 bits per heavy atom. The standard InChI is InChI=1S/C15H18N2O7/c1-15(14(19)20)5-6-16(9-15)13(18)8-24-10-3-4-11(17(21)22)12(7-10)23-2/h3-4,7H,5-6,8-9H2,1-2H3,(H,19,20). The molecule has 1 amide bonds. The van der Waals surface area contributed by atoms with Gasteiger partial charge in [0.2, 0.25) is 5.75 Å². The zero-order chi connectivity index (χ0) is 17.9. The Balaban J connectivity index is 1.98. The number of hydrogen-bond acceptors (Lipinski definition) is 6. The molecule has 0 saturated carbocycles. The molecule has 130 valence electrons. The first-order chi connectivity index (χ1) is 11.3. The summed E-state index contributed by atoms with van der Waals surface area (Å²) in [6.07, 6.45) is 0.388. The molecule has 0 radical (unpaired) electrons. The van der Waals surface area contributed by atoms with Crippen molar-refractivity contribution >= 4 is 17.6 Å². The van der Waals surface area contributed by atoms with E-state index < -0.39 is 16.3 Å². The SMILES string of the molecule is COc1cc(OCC(=O)N2CCC(C)(C(=O)O)C2)ccc1[N+](=O)[O-]. The first-order valence-electron chi connectivity index (χ1n) is 7.23. The van der Waals surface area contributed by atoms with Crippen molar-refractivity contribution in [3.63, 3.8) is 0 Å². The van der Waals surface area contributed by atoms with E-state index in [-0.39, 0.29) is 36.2 Å². The van der Waals surface area contributed by atoms with E-state index >= 15 is 0 Å². The maximum atomic E-state index is 12.1. The summed E-state index contributed by atoms with van der Waals surface area (Å²) in [4.78, 5) is 35.0. The number of ether oxygens (including phenoxy) is 2. The van der Waals surface area contributed by atoms with Crippen molar-refractivity contribution in [2.75, 3.05) is 26.8 Å². The van der Waals surface area contributed by atoms with E-state index in [1.165, 1.54) is 30.2 Å². The second kappa shape index (κ2) is 6.73. The van der Waals surface area contributed by atoms with E-state index in [1.807, 2.05) is 0 Å². The van der Waals surface area contributed by atoms with Crippen molar-refractivity contribution < 1.29 is 29.1 Å². The van der Waals surface area contributed by atoms with Crippen LogP contribution in [0.1, 0.15) is 13.3 Å². The number of benzene rings is 1. The van der Waals surface area contributed by atoms with Crippen LogP contribution in [0, 0.1) is 15.5 Å². The smallest absolute Gasteiger partial charge is 0.311 e. The van der Waals surface area contributed by atoms with Gasteiger partial charge >= 0.3 is 11.7 Å². The average Bonchev–Trinajstić information content (AvgIpc) is 2.96. The van der Waals surface area contributed by atoms with Gasteiger partial charge in [-0.25, -0.2) is 0 Å². The van der Waals surface area contributed by atoms with Gasteiger partial charge in [-0.15, -0.1) is 0 Å². The molecule has 0 aromatic heterocycles. The highest BCUT2D eigenvalue weighted by Gasteiger charge is 2.42. The second-order valence-electron chi connectivity index (χ2n) is 5.81. The minimum atomic E-state index is -0.938. The van der Waals surface area contributed by atoms with E-state index in [2.05, 4.69) is 0 Å². The van der Waals surface area contributed by atoms with Crippen LogP contribution in [0.15, 0.2) is 18.2 Å². The molecule has 1 N–H and O–H groups in total. The van der Waals surface area contributed by atoms with Gasteiger partial charge in [0, 0.05) is 25.2 Å². The average molecular weight is 338 g/mol. The lowest BCUT2D eigenvalue weighted by molar-refractivity contribution is -0.385. The molecule has 1 aliphatic heterocycles. The molecule has 1 atom stereocenters. The van der Waals surface area contributed by atoms with Gasteiger partial charge in [-0.3, -0.25) is 19.7 Å². The summed E-state index contributed by atoms with van der Waals surface area (Å²) >= 11 is 0. The maximum Gasteiger partial charge on any atom is 0.311 e. The fourth-order valence-corrected chi connectivity index (χ4v) is 2.48. The lowest BCUT2D eigenvalue weighted by Crippen LogP contribution is -2.37. The summed E-state index contributed by atoms with van der Waals surface area (Å²) in [5, 5.41) is 20.0. The molecular formula is C15H18N2O7. The Bertz CT molecular complexity index is 676. The monoisotopic (exact) mass is 338 g/mol.